The first-order chi connectivity index (χ1) is 16.4. The minimum atomic E-state index is -0.813. The number of nitrogens with one attached hydrogen (secondary N) is 3. The van der Waals surface area contributed by atoms with E-state index < -0.39 is 23.4 Å². The normalized spacial score (nSPS) is 17.9. The Labute approximate surface area is 205 Å². The summed E-state index contributed by atoms with van der Waals surface area (Å²) in [5.74, 6) is -0.840. The van der Waals surface area contributed by atoms with Crippen molar-refractivity contribution in [3.63, 3.8) is 0 Å². The van der Waals surface area contributed by atoms with Gasteiger partial charge in [-0.2, -0.15) is 0 Å². The Morgan fingerprint density at radius 2 is 1.77 bits per heavy atom. The van der Waals surface area contributed by atoms with Crippen LogP contribution in [0.1, 0.15) is 62.4 Å². The SMILES string of the molecule is COc1cc(C)cc(Nc2nc(NC3CCCC[C@@H]3NC(=O)OC(C)(C)C)c(F)cc2C(N)=O)c1. The molecule has 0 saturated heterocycles. The lowest BCUT2D eigenvalue weighted by Gasteiger charge is -2.34. The predicted molar refractivity (Wildman–Crippen MR) is 133 cm³/mol. The summed E-state index contributed by atoms with van der Waals surface area (Å²) in [5.41, 5.74) is 6.31. The van der Waals surface area contributed by atoms with Gasteiger partial charge < -0.3 is 31.2 Å². The Morgan fingerprint density at radius 3 is 2.40 bits per heavy atom. The van der Waals surface area contributed by atoms with E-state index in [-0.39, 0.29) is 29.3 Å². The average molecular weight is 488 g/mol. The summed E-state index contributed by atoms with van der Waals surface area (Å²) in [6, 6.07) is 5.95. The monoisotopic (exact) mass is 487 g/mol. The van der Waals surface area contributed by atoms with Gasteiger partial charge in [0.1, 0.15) is 17.2 Å². The molecule has 0 aliphatic heterocycles. The summed E-state index contributed by atoms with van der Waals surface area (Å²) in [4.78, 5) is 28.7. The number of alkyl carbamates (subject to hydrolysis) is 1. The second-order valence-corrected chi connectivity index (χ2v) is 9.73. The van der Waals surface area contributed by atoms with E-state index in [1.807, 2.05) is 19.1 Å². The number of rotatable bonds is 7. The molecule has 0 bridgehead atoms. The molecule has 2 aromatic rings. The minimum Gasteiger partial charge on any atom is -0.497 e. The number of hydrogen-bond acceptors (Lipinski definition) is 7. The number of hydrogen-bond donors (Lipinski definition) is 4. The fraction of sp³-hybridized carbons (Fsp3) is 0.480. The maximum absolute atomic E-state index is 15.0. The van der Waals surface area contributed by atoms with Crippen molar-refractivity contribution in [3.05, 3.63) is 41.2 Å². The Morgan fingerprint density at radius 1 is 1.09 bits per heavy atom. The van der Waals surface area contributed by atoms with Crippen molar-refractivity contribution >= 4 is 29.3 Å². The number of amides is 2. The zero-order valence-electron chi connectivity index (χ0n) is 20.8. The molecule has 1 aliphatic carbocycles. The Hall–Kier alpha value is -3.56. The lowest BCUT2D eigenvalue weighted by Crippen LogP contribution is -2.50. The molecule has 190 valence electrons. The van der Waals surface area contributed by atoms with Crippen LogP contribution in [0.4, 0.5) is 26.5 Å². The molecule has 1 aromatic heterocycles. The van der Waals surface area contributed by atoms with Crippen LogP contribution in [0.5, 0.6) is 5.75 Å². The minimum absolute atomic E-state index is 0.0417. The molecule has 1 unspecified atom stereocenters. The first kappa shape index (κ1) is 26.1. The van der Waals surface area contributed by atoms with E-state index in [0.29, 0.717) is 24.3 Å². The van der Waals surface area contributed by atoms with Gasteiger partial charge >= 0.3 is 6.09 Å². The molecule has 1 fully saturated rings. The van der Waals surface area contributed by atoms with Crippen LogP contribution < -0.4 is 26.4 Å². The fourth-order valence-corrected chi connectivity index (χ4v) is 4.06. The number of aromatic nitrogens is 1. The van der Waals surface area contributed by atoms with Crippen LogP contribution in [0.3, 0.4) is 0 Å². The van der Waals surface area contributed by atoms with Gasteiger partial charge in [-0.3, -0.25) is 4.79 Å². The van der Waals surface area contributed by atoms with Gasteiger partial charge in [-0.1, -0.05) is 12.8 Å². The zero-order chi connectivity index (χ0) is 25.8. The van der Waals surface area contributed by atoms with E-state index in [1.165, 1.54) is 0 Å². The Bertz CT molecular complexity index is 1090. The number of methoxy groups -OCH3 is 1. The number of carbonyl (C=O) groups is 2. The number of nitrogens with zero attached hydrogens (tertiary/aromatic N) is 1. The molecule has 2 amide bonds. The summed E-state index contributed by atoms with van der Waals surface area (Å²) < 4.78 is 25.7. The van der Waals surface area contributed by atoms with Gasteiger partial charge in [-0.25, -0.2) is 14.2 Å². The molecule has 9 nitrogen and oxygen atoms in total. The number of halogens is 1. The smallest absolute Gasteiger partial charge is 0.407 e. The van der Waals surface area contributed by atoms with E-state index in [1.54, 1.807) is 33.9 Å². The molecule has 10 heteroatoms. The average Bonchev–Trinajstić information content (AvgIpc) is 2.75. The number of anilines is 3. The molecule has 5 N–H and O–H groups in total. The van der Waals surface area contributed by atoms with Crippen molar-refractivity contribution in [3.8, 4) is 5.75 Å². The molecule has 1 saturated carbocycles. The Kier molecular flexibility index (Phi) is 8.03. The molecule has 0 spiro atoms. The summed E-state index contributed by atoms with van der Waals surface area (Å²) in [5, 5.41) is 9.07. The van der Waals surface area contributed by atoms with Gasteiger partial charge in [0.2, 0.25) is 0 Å². The highest BCUT2D eigenvalue weighted by Gasteiger charge is 2.30. The number of ether oxygens (including phenoxy) is 2. The summed E-state index contributed by atoms with van der Waals surface area (Å²) >= 11 is 0. The molecule has 2 atom stereocenters. The van der Waals surface area contributed by atoms with Crippen molar-refractivity contribution in [1.29, 1.82) is 0 Å². The maximum Gasteiger partial charge on any atom is 0.407 e. The van der Waals surface area contributed by atoms with Crippen LogP contribution in [-0.2, 0) is 4.74 Å². The predicted octanol–water partition coefficient (Wildman–Crippen LogP) is 4.63. The number of benzene rings is 1. The van der Waals surface area contributed by atoms with Gasteiger partial charge in [0.15, 0.2) is 11.6 Å². The van der Waals surface area contributed by atoms with Crippen molar-refractivity contribution in [1.82, 2.24) is 10.3 Å². The van der Waals surface area contributed by atoms with Gasteiger partial charge in [-0.15, -0.1) is 0 Å². The second-order valence-electron chi connectivity index (χ2n) is 9.73. The molecule has 3 rings (SSSR count). The standard InChI is InChI=1S/C25H34FN5O4/c1-14-10-15(12-16(11-14)34-5)28-22-17(21(27)32)13-18(26)23(31-22)29-19-8-6-7-9-20(19)30-24(33)35-25(2,3)4/h10-13,19-20H,6-9H2,1-5H3,(H2,27,32)(H,30,33)(H2,28,29,31)/t19?,20-/m0/s1. The van der Waals surface area contributed by atoms with Crippen molar-refractivity contribution < 1.29 is 23.5 Å². The molecule has 1 heterocycles. The highest BCUT2D eigenvalue weighted by molar-refractivity contribution is 5.98. The van der Waals surface area contributed by atoms with E-state index in [0.717, 1.165) is 24.5 Å². The molecule has 1 aliphatic rings. The number of primary amides is 1. The highest BCUT2D eigenvalue weighted by atomic mass is 19.1. The van der Waals surface area contributed by atoms with E-state index in [2.05, 4.69) is 20.9 Å². The molecular formula is C25H34FN5O4. The third kappa shape index (κ3) is 7.21. The molecule has 0 radical (unpaired) electrons. The van der Waals surface area contributed by atoms with Crippen LogP contribution in [0.15, 0.2) is 24.3 Å². The van der Waals surface area contributed by atoms with Gasteiger partial charge in [0.05, 0.1) is 18.7 Å². The molecular weight excluding hydrogens is 453 g/mol. The van der Waals surface area contributed by atoms with Crippen molar-refractivity contribution in [2.45, 2.75) is 71.1 Å². The third-order valence-corrected chi connectivity index (χ3v) is 5.58. The van der Waals surface area contributed by atoms with Crippen molar-refractivity contribution in [2.24, 2.45) is 5.73 Å². The van der Waals surface area contributed by atoms with Gasteiger partial charge in [-0.05, 0) is 64.3 Å². The van der Waals surface area contributed by atoms with Crippen LogP contribution in [0.25, 0.3) is 0 Å². The second kappa shape index (κ2) is 10.8. The Balaban J connectivity index is 1.86. The number of carbonyl (C=O) groups excluding carboxylic acids is 2. The van der Waals surface area contributed by atoms with Crippen LogP contribution in [-0.4, -0.2) is 41.8 Å². The summed E-state index contributed by atoms with van der Waals surface area (Å²) in [6.07, 6.45) is 2.74. The molecule has 35 heavy (non-hydrogen) atoms. The quantitative estimate of drug-likeness (QED) is 0.448. The largest absolute Gasteiger partial charge is 0.497 e. The number of pyridine rings is 1. The van der Waals surface area contributed by atoms with E-state index >= 15 is 0 Å². The lowest BCUT2D eigenvalue weighted by molar-refractivity contribution is 0.0488. The van der Waals surface area contributed by atoms with Crippen LogP contribution in [0.2, 0.25) is 0 Å². The highest BCUT2D eigenvalue weighted by Crippen LogP contribution is 2.29. The van der Waals surface area contributed by atoms with Gasteiger partial charge in [0, 0.05) is 17.8 Å². The van der Waals surface area contributed by atoms with Gasteiger partial charge in [0.25, 0.3) is 5.91 Å². The molecule has 1 aromatic carbocycles. The third-order valence-electron chi connectivity index (χ3n) is 5.58. The number of aryl methyl sites for hydroxylation is 1. The maximum atomic E-state index is 15.0. The van der Waals surface area contributed by atoms with Crippen LogP contribution in [0, 0.1) is 12.7 Å². The summed E-state index contributed by atoms with van der Waals surface area (Å²) in [7, 11) is 1.55. The number of nitrogens with two attached hydrogens (primary N) is 1. The topological polar surface area (TPSA) is 128 Å². The zero-order valence-corrected chi connectivity index (χ0v) is 20.8. The van der Waals surface area contributed by atoms with Crippen LogP contribution >= 0.6 is 0 Å². The first-order valence-electron chi connectivity index (χ1n) is 11.6. The van der Waals surface area contributed by atoms with E-state index in [9.17, 15) is 14.0 Å². The first-order valence-corrected chi connectivity index (χ1v) is 11.6. The van der Waals surface area contributed by atoms with E-state index in [4.69, 9.17) is 15.2 Å². The fourth-order valence-electron chi connectivity index (χ4n) is 4.06. The van der Waals surface area contributed by atoms with Crippen molar-refractivity contribution in [2.75, 3.05) is 17.7 Å². The summed E-state index contributed by atoms with van der Waals surface area (Å²) in [6.45, 7) is 7.28. The lowest BCUT2D eigenvalue weighted by atomic mass is 9.90.